The van der Waals surface area contributed by atoms with Gasteiger partial charge in [-0.1, -0.05) is 41.4 Å². The predicted molar refractivity (Wildman–Crippen MR) is 108 cm³/mol. The summed E-state index contributed by atoms with van der Waals surface area (Å²) in [7, 11) is 0. The van der Waals surface area contributed by atoms with Gasteiger partial charge < -0.3 is 15.5 Å². The maximum atomic E-state index is 12.4. The van der Waals surface area contributed by atoms with Crippen molar-refractivity contribution in [1.82, 2.24) is 5.32 Å². The van der Waals surface area contributed by atoms with Crippen molar-refractivity contribution < 1.29 is 9.59 Å². The molecule has 0 bridgehead atoms. The normalized spacial score (nSPS) is 20.7. The number of carbonyl (C=O) groups excluding carboxylic acids is 2. The van der Waals surface area contributed by atoms with Crippen LogP contribution in [0.4, 0.5) is 11.4 Å². The molecule has 2 aromatic rings. The standard InChI is InChI=1S/C20H19Cl2N3O2/c21-14-7-5-12(9-15(14)22)6-8-19(26)23-13-10-18-20(27)24-16-3-1-2-4-17(16)25(18)11-13/h1-5,7,9,13,18H,6,8,10-11H2,(H,23,26)(H,24,27). The highest BCUT2D eigenvalue weighted by atomic mass is 35.5. The van der Waals surface area contributed by atoms with Crippen LogP contribution in [0.5, 0.6) is 0 Å². The molecule has 2 aliphatic rings. The number of anilines is 2. The molecular weight excluding hydrogens is 385 g/mol. The molecule has 2 atom stereocenters. The molecule has 0 saturated carbocycles. The molecule has 2 aliphatic heterocycles. The zero-order chi connectivity index (χ0) is 19.0. The Morgan fingerprint density at radius 1 is 1.19 bits per heavy atom. The lowest BCUT2D eigenvalue weighted by molar-refractivity contribution is -0.122. The summed E-state index contributed by atoms with van der Waals surface area (Å²) in [6, 6.07) is 12.9. The topological polar surface area (TPSA) is 61.4 Å². The number of carbonyl (C=O) groups is 2. The number of aryl methyl sites for hydroxylation is 1. The highest BCUT2D eigenvalue weighted by Gasteiger charge is 2.41. The summed E-state index contributed by atoms with van der Waals surface area (Å²) in [5, 5.41) is 7.01. The lowest BCUT2D eigenvalue weighted by Crippen LogP contribution is -2.44. The maximum absolute atomic E-state index is 12.4. The number of hydrogen-bond acceptors (Lipinski definition) is 3. The van der Waals surface area contributed by atoms with E-state index in [-0.39, 0.29) is 23.9 Å². The Kier molecular flexibility index (Phi) is 4.98. The Morgan fingerprint density at radius 2 is 2.00 bits per heavy atom. The van der Waals surface area contributed by atoms with Crippen LogP contribution < -0.4 is 15.5 Å². The molecule has 7 heteroatoms. The van der Waals surface area contributed by atoms with Gasteiger partial charge in [0.25, 0.3) is 0 Å². The van der Waals surface area contributed by atoms with Crippen molar-refractivity contribution in [2.75, 3.05) is 16.8 Å². The Hall–Kier alpha value is -2.24. The van der Waals surface area contributed by atoms with Gasteiger partial charge in [-0.3, -0.25) is 9.59 Å². The van der Waals surface area contributed by atoms with E-state index in [1.807, 2.05) is 30.3 Å². The van der Waals surface area contributed by atoms with E-state index in [9.17, 15) is 9.59 Å². The van der Waals surface area contributed by atoms with Gasteiger partial charge in [0.15, 0.2) is 0 Å². The first-order valence-electron chi connectivity index (χ1n) is 8.91. The van der Waals surface area contributed by atoms with Crippen molar-refractivity contribution in [3.8, 4) is 0 Å². The highest BCUT2D eigenvalue weighted by Crippen LogP contribution is 2.36. The van der Waals surface area contributed by atoms with Crippen molar-refractivity contribution in [3.05, 3.63) is 58.1 Å². The van der Waals surface area contributed by atoms with Crippen molar-refractivity contribution in [2.24, 2.45) is 0 Å². The second-order valence-electron chi connectivity index (χ2n) is 6.92. The lowest BCUT2D eigenvalue weighted by atomic mass is 10.1. The smallest absolute Gasteiger partial charge is 0.247 e. The van der Waals surface area contributed by atoms with Crippen molar-refractivity contribution in [1.29, 1.82) is 0 Å². The Labute approximate surface area is 167 Å². The summed E-state index contributed by atoms with van der Waals surface area (Å²) in [5.74, 6) is -0.0409. The molecule has 0 aromatic heterocycles. The van der Waals surface area contributed by atoms with Crippen LogP contribution in [0.2, 0.25) is 10.0 Å². The van der Waals surface area contributed by atoms with E-state index >= 15 is 0 Å². The van der Waals surface area contributed by atoms with Gasteiger partial charge in [-0.15, -0.1) is 0 Å². The quantitative estimate of drug-likeness (QED) is 0.818. The Balaban J connectivity index is 1.36. The first-order chi connectivity index (χ1) is 13.0. The van der Waals surface area contributed by atoms with Gasteiger partial charge in [0.1, 0.15) is 6.04 Å². The predicted octanol–water partition coefficient (Wildman–Crippen LogP) is 3.64. The third kappa shape index (κ3) is 3.75. The molecule has 0 spiro atoms. The fraction of sp³-hybridized carbons (Fsp3) is 0.300. The average Bonchev–Trinajstić information content (AvgIpc) is 3.07. The second-order valence-corrected chi connectivity index (χ2v) is 7.74. The van der Waals surface area contributed by atoms with E-state index < -0.39 is 0 Å². The van der Waals surface area contributed by atoms with Gasteiger partial charge >= 0.3 is 0 Å². The van der Waals surface area contributed by atoms with Gasteiger partial charge in [0, 0.05) is 19.0 Å². The molecule has 2 amide bonds. The van der Waals surface area contributed by atoms with Crippen LogP contribution in [0.25, 0.3) is 0 Å². The summed E-state index contributed by atoms with van der Waals surface area (Å²) in [6.45, 7) is 0.633. The van der Waals surface area contributed by atoms with Crippen LogP contribution in [0, 0.1) is 0 Å². The van der Waals surface area contributed by atoms with E-state index in [4.69, 9.17) is 23.2 Å². The molecule has 4 rings (SSSR count). The van der Waals surface area contributed by atoms with Crippen LogP contribution in [-0.2, 0) is 16.0 Å². The zero-order valence-electron chi connectivity index (χ0n) is 14.5. The Morgan fingerprint density at radius 3 is 2.81 bits per heavy atom. The minimum absolute atomic E-state index is 0.0127. The number of rotatable bonds is 4. The van der Waals surface area contributed by atoms with E-state index in [0.29, 0.717) is 35.9 Å². The number of benzene rings is 2. The number of nitrogens with zero attached hydrogens (tertiary/aromatic N) is 1. The highest BCUT2D eigenvalue weighted by molar-refractivity contribution is 6.42. The first-order valence-corrected chi connectivity index (χ1v) is 9.66. The molecule has 1 fully saturated rings. The molecule has 1 saturated heterocycles. The SMILES string of the molecule is O=C(CCc1ccc(Cl)c(Cl)c1)NC1CC2C(=O)Nc3ccccc3N2C1. The molecule has 2 N–H and O–H groups in total. The zero-order valence-corrected chi connectivity index (χ0v) is 16.1. The third-order valence-corrected chi connectivity index (χ3v) is 5.80. The lowest BCUT2D eigenvalue weighted by Gasteiger charge is -2.32. The van der Waals surface area contributed by atoms with Crippen LogP contribution in [0.15, 0.2) is 42.5 Å². The molecule has 2 heterocycles. The van der Waals surface area contributed by atoms with E-state index in [1.54, 1.807) is 12.1 Å². The first kappa shape index (κ1) is 18.1. The molecule has 5 nitrogen and oxygen atoms in total. The number of nitrogens with one attached hydrogen (secondary N) is 2. The fourth-order valence-corrected chi connectivity index (χ4v) is 4.07. The minimum atomic E-state index is -0.236. The maximum Gasteiger partial charge on any atom is 0.247 e. The molecule has 140 valence electrons. The number of halogens is 2. The van der Waals surface area contributed by atoms with Crippen LogP contribution in [-0.4, -0.2) is 30.4 Å². The molecule has 0 aliphatic carbocycles. The molecule has 2 aromatic carbocycles. The van der Waals surface area contributed by atoms with Gasteiger partial charge in [-0.25, -0.2) is 0 Å². The average molecular weight is 404 g/mol. The fourth-order valence-electron chi connectivity index (χ4n) is 3.75. The summed E-state index contributed by atoms with van der Waals surface area (Å²) in [6.07, 6.45) is 1.56. The third-order valence-electron chi connectivity index (χ3n) is 5.06. The molecule has 27 heavy (non-hydrogen) atoms. The Bertz CT molecular complexity index is 903. The van der Waals surface area contributed by atoms with E-state index in [2.05, 4.69) is 15.5 Å². The summed E-state index contributed by atoms with van der Waals surface area (Å²) in [5.41, 5.74) is 2.80. The molecule has 2 unspecified atom stereocenters. The molecular formula is C20H19Cl2N3O2. The molecule has 0 radical (unpaired) electrons. The largest absolute Gasteiger partial charge is 0.356 e. The summed E-state index contributed by atoms with van der Waals surface area (Å²) < 4.78 is 0. The second kappa shape index (κ2) is 7.41. The number of hydrogen-bond donors (Lipinski definition) is 2. The van der Waals surface area contributed by atoms with Gasteiger partial charge in [-0.05, 0) is 42.7 Å². The van der Waals surface area contributed by atoms with Crippen molar-refractivity contribution in [3.63, 3.8) is 0 Å². The summed E-state index contributed by atoms with van der Waals surface area (Å²) in [4.78, 5) is 26.8. The van der Waals surface area contributed by atoms with E-state index in [0.717, 1.165) is 16.9 Å². The van der Waals surface area contributed by atoms with Crippen LogP contribution in [0.1, 0.15) is 18.4 Å². The van der Waals surface area contributed by atoms with E-state index in [1.165, 1.54) is 0 Å². The van der Waals surface area contributed by atoms with Gasteiger partial charge in [0.2, 0.25) is 11.8 Å². The van der Waals surface area contributed by atoms with Gasteiger partial charge in [-0.2, -0.15) is 0 Å². The van der Waals surface area contributed by atoms with Crippen molar-refractivity contribution in [2.45, 2.75) is 31.3 Å². The number of para-hydroxylation sites is 2. The summed E-state index contributed by atoms with van der Waals surface area (Å²) >= 11 is 11.9. The van der Waals surface area contributed by atoms with Crippen LogP contribution >= 0.6 is 23.2 Å². The van der Waals surface area contributed by atoms with Crippen LogP contribution in [0.3, 0.4) is 0 Å². The number of fused-ring (bicyclic) bond motifs is 3. The minimum Gasteiger partial charge on any atom is -0.356 e. The number of amides is 2. The van der Waals surface area contributed by atoms with Gasteiger partial charge in [0.05, 0.1) is 21.4 Å². The monoisotopic (exact) mass is 403 g/mol. The van der Waals surface area contributed by atoms with Crippen molar-refractivity contribution >= 4 is 46.4 Å².